The molecular formula is C13H17NO2. The number of fused-ring (bicyclic) bond motifs is 3. The number of carbonyl (C=O) groups excluding carboxylic acids is 1. The highest BCUT2D eigenvalue weighted by Crippen LogP contribution is 2.39. The lowest BCUT2D eigenvalue weighted by molar-refractivity contribution is -0.150. The average Bonchev–Trinajstić information content (AvgIpc) is 2.48. The molecule has 1 saturated heterocycles. The highest BCUT2D eigenvalue weighted by Gasteiger charge is 2.48. The van der Waals surface area contributed by atoms with Gasteiger partial charge in [-0.15, -0.1) is 0 Å². The summed E-state index contributed by atoms with van der Waals surface area (Å²) in [5.74, 6) is -0.186. The maximum Gasteiger partial charge on any atom is 0.332 e. The van der Waals surface area contributed by atoms with Gasteiger partial charge in [-0.05, 0) is 26.3 Å². The smallest absolute Gasteiger partial charge is 0.332 e. The monoisotopic (exact) mass is 219 g/mol. The molecule has 3 heteroatoms. The minimum Gasteiger partial charge on any atom is -0.450 e. The predicted octanol–water partition coefficient (Wildman–Crippen LogP) is 1.65. The lowest BCUT2D eigenvalue weighted by Crippen LogP contribution is -2.53. The number of esters is 1. The van der Waals surface area contributed by atoms with Crippen LogP contribution in [-0.4, -0.2) is 35.6 Å². The molecule has 16 heavy (non-hydrogen) atoms. The molecule has 0 amide bonds. The van der Waals surface area contributed by atoms with E-state index in [4.69, 9.17) is 4.74 Å². The van der Waals surface area contributed by atoms with Gasteiger partial charge in [0.2, 0.25) is 0 Å². The predicted molar refractivity (Wildman–Crippen MR) is 60.9 cm³/mol. The van der Waals surface area contributed by atoms with Gasteiger partial charge in [0.25, 0.3) is 0 Å². The van der Waals surface area contributed by atoms with Gasteiger partial charge in [0.15, 0.2) is 5.60 Å². The third kappa shape index (κ3) is 1.34. The minimum absolute atomic E-state index is 0.186. The first kappa shape index (κ1) is 10.1. The van der Waals surface area contributed by atoms with Gasteiger partial charge >= 0.3 is 5.97 Å². The first-order chi connectivity index (χ1) is 7.70. The van der Waals surface area contributed by atoms with Crippen molar-refractivity contribution in [2.75, 3.05) is 13.1 Å². The van der Waals surface area contributed by atoms with Crippen LogP contribution in [0.25, 0.3) is 0 Å². The Kier molecular flexibility index (Phi) is 2.18. The maximum atomic E-state index is 11.5. The molecule has 0 bridgehead atoms. The first-order valence-corrected chi connectivity index (χ1v) is 6.06. The van der Waals surface area contributed by atoms with Crippen molar-refractivity contribution >= 4 is 5.97 Å². The summed E-state index contributed by atoms with van der Waals surface area (Å²) < 4.78 is 5.58. The zero-order valence-electron chi connectivity index (χ0n) is 9.61. The Bertz CT molecular complexity index is 385. The van der Waals surface area contributed by atoms with Crippen molar-refractivity contribution in [3.05, 3.63) is 23.8 Å². The Labute approximate surface area is 95.8 Å². The van der Waals surface area contributed by atoms with Crippen LogP contribution in [0.5, 0.6) is 0 Å². The zero-order chi connectivity index (χ0) is 11.2. The molecular weight excluding hydrogens is 202 g/mol. The van der Waals surface area contributed by atoms with E-state index in [2.05, 4.69) is 24.0 Å². The fourth-order valence-corrected chi connectivity index (χ4v) is 3.19. The van der Waals surface area contributed by atoms with Gasteiger partial charge in [0, 0.05) is 18.2 Å². The van der Waals surface area contributed by atoms with E-state index in [1.807, 2.05) is 0 Å². The molecule has 2 atom stereocenters. The van der Waals surface area contributed by atoms with E-state index in [0.29, 0.717) is 6.04 Å². The second kappa shape index (κ2) is 3.45. The summed E-state index contributed by atoms with van der Waals surface area (Å²) in [5.41, 5.74) is 0.636. The van der Waals surface area contributed by atoms with E-state index in [0.717, 1.165) is 25.1 Å². The fourth-order valence-electron chi connectivity index (χ4n) is 3.19. The van der Waals surface area contributed by atoms with E-state index in [1.54, 1.807) is 6.08 Å². The number of ether oxygens (including phenoxy) is 1. The highest BCUT2D eigenvalue weighted by atomic mass is 16.6. The van der Waals surface area contributed by atoms with E-state index in [-0.39, 0.29) is 5.97 Å². The lowest BCUT2D eigenvalue weighted by atomic mass is 9.83. The summed E-state index contributed by atoms with van der Waals surface area (Å²) in [6, 6.07) is 0.356. The molecule has 0 N–H and O–H groups in total. The van der Waals surface area contributed by atoms with Gasteiger partial charge in [-0.3, -0.25) is 4.90 Å². The van der Waals surface area contributed by atoms with Gasteiger partial charge < -0.3 is 4.74 Å². The quantitative estimate of drug-likeness (QED) is 0.580. The molecule has 0 unspecified atom stereocenters. The van der Waals surface area contributed by atoms with E-state index in [9.17, 15) is 4.79 Å². The van der Waals surface area contributed by atoms with Crippen LogP contribution in [0.2, 0.25) is 0 Å². The molecule has 1 fully saturated rings. The van der Waals surface area contributed by atoms with Crippen LogP contribution < -0.4 is 0 Å². The van der Waals surface area contributed by atoms with Gasteiger partial charge in [0.1, 0.15) is 0 Å². The van der Waals surface area contributed by atoms with Crippen LogP contribution in [0.1, 0.15) is 26.2 Å². The highest BCUT2D eigenvalue weighted by molar-refractivity contribution is 5.87. The van der Waals surface area contributed by atoms with Crippen molar-refractivity contribution in [1.29, 1.82) is 0 Å². The lowest BCUT2D eigenvalue weighted by Gasteiger charge is -2.43. The summed E-state index contributed by atoms with van der Waals surface area (Å²) in [6.07, 6.45) is 9.48. The summed E-state index contributed by atoms with van der Waals surface area (Å²) in [7, 11) is 0. The van der Waals surface area contributed by atoms with Crippen molar-refractivity contribution in [1.82, 2.24) is 4.90 Å². The molecule has 0 saturated carbocycles. The van der Waals surface area contributed by atoms with Crippen molar-refractivity contribution in [2.24, 2.45) is 0 Å². The molecule has 3 heterocycles. The summed E-state index contributed by atoms with van der Waals surface area (Å²) in [5, 5.41) is 0. The van der Waals surface area contributed by atoms with Crippen LogP contribution in [0, 0.1) is 0 Å². The van der Waals surface area contributed by atoms with E-state index < -0.39 is 5.60 Å². The molecule has 0 radical (unpaired) electrons. The van der Waals surface area contributed by atoms with Crippen LogP contribution >= 0.6 is 0 Å². The molecule has 3 aliphatic heterocycles. The molecule has 0 aromatic carbocycles. The molecule has 0 aromatic rings. The van der Waals surface area contributed by atoms with E-state index in [1.165, 1.54) is 12.8 Å². The van der Waals surface area contributed by atoms with Gasteiger partial charge in [0.05, 0.1) is 6.04 Å². The summed E-state index contributed by atoms with van der Waals surface area (Å²) in [4.78, 5) is 13.9. The Morgan fingerprint density at radius 2 is 2.38 bits per heavy atom. The SMILES string of the molecule is C[C@]12OC(=O)C=C1C=CCN1CCCC[C@@H]12. The van der Waals surface area contributed by atoms with Gasteiger partial charge in [-0.1, -0.05) is 18.6 Å². The van der Waals surface area contributed by atoms with Crippen molar-refractivity contribution < 1.29 is 9.53 Å². The second-order valence-corrected chi connectivity index (χ2v) is 5.04. The molecule has 0 spiro atoms. The Morgan fingerprint density at radius 1 is 1.50 bits per heavy atom. The molecule has 0 aromatic heterocycles. The molecule has 86 valence electrons. The number of hydrogen-bond donors (Lipinski definition) is 0. The average molecular weight is 219 g/mol. The number of hydrogen-bond acceptors (Lipinski definition) is 3. The van der Waals surface area contributed by atoms with Crippen molar-refractivity contribution in [3.8, 4) is 0 Å². The summed E-state index contributed by atoms with van der Waals surface area (Å²) in [6.45, 7) is 4.16. The number of piperidine rings is 1. The van der Waals surface area contributed by atoms with Crippen LogP contribution in [0.3, 0.4) is 0 Å². The third-order valence-corrected chi connectivity index (χ3v) is 4.05. The van der Waals surface area contributed by atoms with Crippen LogP contribution in [0.15, 0.2) is 23.8 Å². The van der Waals surface area contributed by atoms with Crippen LogP contribution in [-0.2, 0) is 9.53 Å². The second-order valence-electron chi connectivity index (χ2n) is 5.04. The Morgan fingerprint density at radius 3 is 3.25 bits per heavy atom. The largest absolute Gasteiger partial charge is 0.450 e. The van der Waals surface area contributed by atoms with Crippen molar-refractivity contribution in [3.63, 3.8) is 0 Å². The topological polar surface area (TPSA) is 29.5 Å². The normalized spacial score (nSPS) is 38.4. The van der Waals surface area contributed by atoms with Crippen LogP contribution in [0.4, 0.5) is 0 Å². The van der Waals surface area contributed by atoms with E-state index >= 15 is 0 Å². The molecule has 3 rings (SSSR count). The Balaban J connectivity index is 2.01. The van der Waals surface area contributed by atoms with Gasteiger partial charge in [-0.2, -0.15) is 0 Å². The first-order valence-electron chi connectivity index (χ1n) is 6.06. The van der Waals surface area contributed by atoms with Crippen molar-refractivity contribution in [2.45, 2.75) is 37.8 Å². The third-order valence-electron chi connectivity index (χ3n) is 4.05. The molecule has 3 nitrogen and oxygen atoms in total. The zero-order valence-corrected chi connectivity index (χ0v) is 9.61. The van der Waals surface area contributed by atoms with Gasteiger partial charge in [-0.25, -0.2) is 4.79 Å². The molecule has 0 aliphatic carbocycles. The Hall–Kier alpha value is -1.09. The maximum absolute atomic E-state index is 11.5. The minimum atomic E-state index is -0.412. The number of rotatable bonds is 0. The standard InChI is InChI=1S/C13H17NO2/c1-13-10(9-12(15)16-13)5-4-8-14-7-3-2-6-11(13)14/h4-5,9,11H,2-3,6-8H2,1H3/t11-,13+/m1/s1. The molecule has 3 aliphatic rings. The fraction of sp³-hybridized carbons (Fsp3) is 0.615. The summed E-state index contributed by atoms with van der Waals surface area (Å²) >= 11 is 0. The number of nitrogens with zero attached hydrogens (tertiary/aromatic N) is 1. The number of carbonyl (C=O) groups is 1.